The third kappa shape index (κ3) is 5.04. The molecule has 0 aliphatic heterocycles. The minimum absolute atomic E-state index is 0.00506. The molecule has 3 rings (SSSR count). The van der Waals surface area contributed by atoms with E-state index in [9.17, 15) is 19.7 Å². The fourth-order valence-electron chi connectivity index (χ4n) is 2.93. The molecule has 0 bridgehead atoms. The van der Waals surface area contributed by atoms with Crippen molar-refractivity contribution in [2.45, 2.75) is 12.5 Å². The van der Waals surface area contributed by atoms with Crippen LogP contribution in [0.25, 0.3) is 11.1 Å². The number of carbonyl (C=O) groups is 2. The average Bonchev–Trinajstić information content (AvgIpc) is 2.74. The van der Waals surface area contributed by atoms with E-state index in [1.807, 2.05) is 30.3 Å². The number of nitrogens with two attached hydrogens (primary N) is 1. The molecule has 0 saturated carbocycles. The number of hydrogen-bond acceptors (Lipinski definition) is 4. The van der Waals surface area contributed by atoms with Crippen molar-refractivity contribution in [2.75, 3.05) is 0 Å². The number of nitrogens with one attached hydrogen (secondary N) is 1. The predicted octanol–water partition coefficient (Wildman–Crippen LogP) is 3.09. The first kappa shape index (κ1) is 19.8. The number of primary amides is 1. The van der Waals surface area contributed by atoms with Gasteiger partial charge < -0.3 is 11.1 Å². The van der Waals surface area contributed by atoms with Crippen LogP contribution in [-0.2, 0) is 11.2 Å². The molecular weight excluding hydrogens is 370 g/mol. The van der Waals surface area contributed by atoms with E-state index in [1.54, 1.807) is 36.4 Å². The van der Waals surface area contributed by atoms with Crippen molar-refractivity contribution in [1.29, 1.82) is 0 Å². The maximum atomic E-state index is 12.5. The van der Waals surface area contributed by atoms with Gasteiger partial charge >= 0.3 is 0 Å². The topological polar surface area (TPSA) is 115 Å². The molecule has 7 heteroatoms. The van der Waals surface area contributed by atoms with E-state index >= 15 is 0 Å². The maximum Gasteiger partial charge on any atom is 0.270 e. The van der Waals surface area contributed by atoms with Gasteiger partial charge in [-0.1, -0.05) is 54.6 Å². The van der Waals surface area contributed by atoms with Gasteiger partial charge in [0.15, 0.2) is 0 Å². The second kappa shape index (κ2) is 8.79. The van der Waals surface area contributed by atoms with Crippen LogP contribution in [0.5, 0.6) is 0 Å². The number of benzene rings is 3. The second-order valence-electron chi connectivity index (χ2n) is 6.50. The van der Waals surface area contributed by atoms with Gasteiger partial charge in [0.1, 0.15) is 6.04 Å². The monoisotopic (exact) mass is 389 g/mol. The summed E-state index contributed by atoms with van der Waals surface area (Å²) in [5, 5.41) is 13.6. The van der Waals surface area contributed by atoms with Crippen molar-refractivity contribution in [2.24, 2.45) is 5.73 Å². The molecule has 0 unspecified atom stereocenters. The fourth-order valence-corrected chi connectivity index (χ4v) is 2.93. The molecule has 29 heavy (non-hydrogen) atoms. The summed E-state index contributed by atoms with van der Waals surface area (Å²) in [5.41, 5.74) is 8.09. The van der Waals surface area contributed by atoms with E-state index in [0.29, 0.717) is 17.5 Å². The third-order valence-corrected chi connectivity index (χ3v) is 4.47. The van der Waals surface area contributed by atoms with Crippen molar-refractivity contribution in [1.82, 2.24) is 5.32 Å². The summed E-state index contributed by atoms with van der Waals surface area (Å²) in [6.45, 7) is 0. The molecule has 0 saturated heterocycles. The van der Waals surface area contributed by atoms with Crippen molar-refractivity contribution >= 4 is 17.5 Å². The highest BCUT2D eigenvalue weighted by atomic mass is 16.6. The molecule has 0 aliphatic rings. The zero-order chi connectivity index (χ0) is 20.8. The Hall–Kier alpha value is -4.00. The van der Waals surface area contributed by atoms with Crippen LogP contribution in [-0.4, -0.2) is 22.8 Å². The molecule has 0 radical (unpaired) electrons. The number of nitrogens with zero attached hydrogens (tertiary/aromatic N) is 1. The Labute approximate surface area is 167 Å². The van der Waals surface area contributed by atoms with Gasteiger partial charge in [-0.3, -0.25) is 19.7 Å². The van der Waals surface area contributed by atoms with Crippen LogP contribution in [0.4, 0.5) is 5.69 Å². The van der Waals surface area contributed by atoms with Crippen LogP contribution in [0.15, 0.2) is 78.9 Å². The van der Waals surface area contributed by atoms with Gasteiger partial charge in [0.2, 0.25) is 5.91 Å². The number of amides is 2. The van der Waals surface area contributed by atoms with Gasteiger partial charge in [-0.05, 0) is 28.8 Å². The van der Waals surface area contributed by atoms with Gasteiger partial charge in [-0.15, -0.1) is 0 Å². The van der Waals surface area contributed by atoms with Crippen molar-refractivity contribution in [3.8, 4) is 11.1 Å². The van der Waals surface area contributed by atoms with E-state index in [4.69, 9.17) is 5.73 Å². The molecule has 0 heterocycles. The molecule has 2 amide bonds. The Morgan fingerprint density at radius 3 is 2.24 bits per heavy atom. The number of rotatable bonds is 7. The smallest absolute Gasteiger partial charge is 0.270 e. The summed E-state index contributed by atoms with van der Waals surface area (Å²) >= 11 is 0. The normalized spacial score (nSPS) is 11.4. The minimum atomic E-state index is -0.832. The Balaban J connectivity index is 1.73. The molecule has 3 N–H and O–H groups in total. The van der Waals surface area contributed by atoms with Crippen LogP contribution in [0.2, 0.25) is 0 Å². The Kier molecular flexibility index (Phi) is 5.99. The molecule has 0 spiro atoms. The largest absolute Gasteiger partial charge is 0.368 e. The Morgan fingerprint density at radius 1 is 0.931 bits per heavy atom. The summed E-state index contributed by atoms with van der Waals surface area (Å²) in [6, 6.07) is 21.3. The summed E-state index contributed by atoms with van der Waals surface area (Å²) in [6.07, 6.45) is 0.299. The average molecular weight is 389 g/mol. The first-order valence-electron chi connectivity index (χ1n) is 8.93. The SMILES string of the molecule is NC(=O)[C@H](Cc1ccccc1)NC(=O)c1ccc(-c2cccc([N+](=O)[O-])c2)cc1. The highest BCUT2D eigenvalue weighted by Crippen LogP contribution is 2.24. The van der Waals surface area contributed by atoms with E-state index in [1.165, 1.54) is 12.1 Å². The van der Waals surface area contributed by atoms with E-state index in [-0.39, 0.29) is 5.69 Å². The number of hydrogen-bond donors (Lipinski definition) is 2. The second-order valence-corrected chi connectivity index (χ2v) is 6.50. The molecule has 1 atom stereocenters. The van der Waals surface area contributed by atoms with Crippen LogP contribution in [0.3, 0.4) is 0 Å². The number of nitro groups is 1. The van der Waals surface area contributed by atoms with Gasteiger partial charge in [0.25, 0.3) is 11.6 Å². The van der Waals surface area contributed by atoms with Gasteiger partial charge in [0.05, 0.1) is 4.92 Å². The van der Waals surface area contributed by atoms with Crippen LogP contribution >= 0.6 is 0 Å². The van der Waals surface area contributed by atoms with Gasteiger partial charge in [-0.25, -0.2) is 0 Å². The summed E-state index contributed by atoms with van der Waals surface area (Å²) in [4.78, 5) is 34.8. The Bertz CT molecular complexity index is 1030. The van der Waals surface area contributed by atoms with E-state index in [0.717, 1.165) is 11.1 Å². The van der Waals surface area contributed by atoms with Crippen LogP contribution < -0.4 is 11.1 Å². The van der Waals surface area contributed by atoms with Crippen molar-refractivity contribution in [3.05, 3.63) is 100 Å². The molecule has 0 aromatic heterocycles. The molecule has 3 aromatic carbocycles. The summed E-state index contributed by atoms with van der Waals surface area (Å²) < 4.78 is 0. The summed E-state index contributed by atoms with van der Waals surface area (Å²) in [7, 11) is 0. The quantitative estimate of drug-likeness (QED) is 0.477. The van der Waals surface area contributed by atoms with Crippen LogP contribution in [0, 0.1) is 10.1 Å². The zero-order valence-electron chi connectivity index (χ0n) is 15.4. The Morgan fingerprint density at radius 2 is 1.62 bits per heavy atom. The highest BCUT2D eigenvalue weighted by molar-refractivity contribution is 5.97. The lowest BCUT2D eigenvalue weighted by Gasteiger charge is -2.16. The van der Waals surface area contributed by atoms with E-state index in [2.05, 4.69) is 5.32 Å². The number of non-ortho nitro benzene ring substituents is 1. The molecule has 0 aliphatic carbocycles. The molecule has 7 nitrogen and oxygen atoms in total. The standard InChI is InChI=1S/C22H19N3O4/c23-21(26)20(13-15-5-2-1-3-6-15)24-22(27)17-11-9-16(10-12-17)18-7-4-8-19(14-18)25(28)29/h1-12,14,20H,13H2,(H2,23,26)(H,24,27)/t20-/m0/s1. The predicted molar refractivity (Wildman–Crippen MR) is 109 cm³/mol. The lowest BCUT2D eigenvalue weighted by Crippen LogP contribution is -2.45. The highest BCUT2D eigenvalue weighted by Gasteiger charge is 2.19. The van der Waals surface area contributed by atoms with Gasteiger partial charge in [-0.2, -0.15) is 0 Å². The lowest BCUT2D eigenvalue weighted by atomic mass is 10.0. The maximum absolute atomic E-state index is 12.5. The summed E-state index contributed by atoms with van der Waals surface area (Å²) in [5.74, 6) is -1.04. The zero-order valence-corrected chi connectivity index (χ0v) is 15.4. The third-order valence-electron chi connectivity index (χ3n) is 4.47. The fraction of sp³-hybridized carbons (Fsp3) is 0.0909. The van der Waals surface area contributed by atoms with Crippen molar-refractivity contribution < 1.29 is 14.5 Å². The first-order chi connectivity index (χ1) is 13.9. The van der Waals surface area contributed by atoms with E-state index < -0.39 is 22.8 Å². The molecule has 146 valence electrons. The van der Waals surface area contributed by atoms with Crippen LogP contribution in [0.1, 0.15) is 15.9 Å². The number of carbonyl (C=O) groups excluding carboxylic acids is 2. The first-order valence-corrected chi connectivity index (χ1v) is 8.93. The minimum Gasteiger partial charge on any atom is -0.368 e. The lowest BCUT2D eigenvalue weighted by molar-refractivity contribution is -0.384. The molecule has 0 fully saturated rings. The number of nitro benzene ring substituents is 1. The molecular formula is C22H19N3O4. The molecule has 3 aromatic rings. The van der Waals surface area contributed by atoms with Gasteiger partial charge in [0, 0.05) is 24.1 Å². The van der Waals surface area contributed by atoms with Crippen molar-refractivity contribution in [3.63, 3.8) is 0 Å².